The van der Waals surface area contributed by atoms with Gasteiger partial charge in [-0.15, -0.1) is 0 Å². The van der Waals surface area contributed by atoms with Gasteiger partial charge in [0.25, 0.3) is 0 Å². The first kappa shape index (κ1) is 11.6. The van der Waals surface area contributed by atoms with Crippen molar-refractivity contribution < 1.29 is 0 Å². The van der Waals surface area contributed by atoms with Crippen molar-refractivity contribution >= 4 is 35.8 Å². The van der Waals surface area contributed by atoms with Gasteiger partial charge in [0.05, 0.1) is 20.4 Å². The van der Waals surface area contributed by atoms with Gasteiger partial charge in [-0.1, -0.05) is 24.4 Å². The Hall–Kier alpha value is -0.520. The van der Waals surface area contributed by atoms with E-state index in [9.17, 15) is 0 Å². The Bertz CT molecular complexity index is 366. The van der Waals surface area contributed by atoms with Crippen molar-refractivity contribution in [2.45, 2.75) is 13.3 Å². The lowest BCUT2D eigenvalue weighted by Crippen LogP contribution is -2.13. The minimum Gasteiger partial charge on any atom is -0.382 e. The molecule has 0 unspecified atom stereocenters. The highest BCUT2D eigenvalue weighted by molar-refractivity contribution is 7.74. The van der Waals surface area contributed by atoms with Crippen molar-refractivity contribution in [1.29, 1.82) is 0 Å². The van der Waals surface area contributed by atoms with E-state index in [0.717, 1.165) is 39.9 Å². The molecule has 1 rings (SSSR count). The van der Waals surface area contributed by atoms with Crippen LogP contribution in [0.15, 0.2) is 0 Å². The predicted molar refractivity (Wildman–Crippen MR) is 66.8 cm³/mol. The second-order valence-electron chi connectivity index (χ2n) is 3.01. The molecule has 0 fully saturated rings. The summed E-state index contributed by atoms with van der Waals surface area (Å²) in [5.41, 5.74) is 7.38. The SMILES string of the molecule is CCNc1c(NCCCN)c(=S)c1=S. The van der Waals surface area contributed by atoms with E-state index in [-0.39, 0.29) is 0 Å². The molecule has 0 saturated heterocycles. The molecule has 5 heteroatoms. The Balaban J connectivity index is 2.62. The highest BCUT2D eigenvalue weighted by Gasteiger charge is 2.12. The van der Waals surface area contributed by atoms with E-state index in [1.165, 1.54) is 0 Å². The number of rotatable bonds is 6. The number of nitrogens with one attached hydrogen (secondary N) is 2. The number of hydrogen-bond acceptors (Lipinski definition) is 5. The highest BCUT2D eigenvalue weighted by Crippen LogP contribution is 2.31. The first-order valence-corrected chi connectivity index (χ1v) is 5.55. The van der Waals surface area contributed by atoms with Crippen molar-refractivity contribution in [1.82, 2.24) is 0 Å². The number of anilines is 2. The van der Waals surface area contributed by atoms with Gasteiger partial charge < -0.3 is 16.4 Å². The van der Waals surface area contributed by atoms with Gasteiger partial charge in [-0.3, -0.25) is 0 Å². The van der Waals surface area contributed by atoms with Crippen molar-refractivity contribution in [3.8, 4) is 0 Å². The summed E-state index contributed by atoms with van der Waals surface area (Å²) in [4.78, 5) is 0. The fraction of sp³-hybridized carbons (Fsp3) is 0.556. The molecule has 14 heavy (non-hydrogen) atoms. The van der Waals surface area contributed by atoms with Crippen LogP contribution in [0.2, 0.25) is 0 Å². The molecule has 0 bridgehead atoms. The normalized spacial score (nSPS) is 10.4. The van der Waals surface area contributed by atoms with Crippen LogP contribution in [0.4, 0.5) is 11.4 Å². The molecular formula is C9H15N3S2. The van der Waals surface area contributed by atoms with Crippen LogP contribution in [0.3, 0.4) is 0 Å². The lowest BCUT2D eigenvalue weighted by atomic mass is 10.2. The minimum atomic E-state index is 0.689. The lowest BCUT2D eigenvalue weighted by molar-refractivity contribution is 0.873. The molecule has 0 aliphatic rings. The number of hydrogen-bond donors (Lipinski definition) is 3. The monoisotopic (exact) mass is 229 g/mol. The van der Waals surface area contributed by atoms with E-state index in [4.69, 9.17) is 30.2 Å². The van der Waals surface area contributed by atoms with Crippen LogP contribution in [0, 0.1) is 9.02 Å². The molecule has 0 aromatic heterocycles. The summed E-state index contributed by atoms with van der Waals surface area (Å²) in [5.74, 6) is 0. The van der Waals surface area contributed by atoms with Gasteiger partial charge in [0.2, 0.25) is 0 Å². The van der Waals surface area contributed by atoms with Gasteiger partial charge in [0.1, 0.15) is 0 Å². The molecule has 0 atom stereocenters. The topological polar surface area (TPSA) is 50.1 Å². The molecule has 3 nitrogen and oxygen atoms in total. The zero-order valence-corrected chi connectivity index (χ0v) is 9.86. The summed E-state index contributed by atoms with van der Waals surface area (Å²) < 4.78 is 1.55. The van der Waals surface area contributed by atoms with E-state index < -0.39 is 0 Å². The van der Waals surface area contributed by atoms with Crippen molar-refractivity contribution in [3.05, 3.63) is 9.02 Å². The summed E-state index contributed by atoms with van der Waals surface area (Å²) in [6, 6.07) is 0. The van der Waals surface area contributed by atoms with Crippen LogP contribution in [0.5, 0.6) is 0 Å². The summed E-state index contributed by atoms with van der Waals surface area (Å²) in [5, 5.41) is 6.44. The third-order valence-electron chi connectivity index (χ3n) is 1.95. The van der Waals surface area contributed by atoms with Crippen molar-refractivity contribution in [2.75, 3.05) is 30.3 Å². The van der Waals surface area contributed by atoms with E-state index in [0.29, 0.717) is 6.54 Å². The molecule has 4 N–H and O–H groups in total. The maximum Gasteiger partial charge on any atom is 0.0832 e. The van der Waals surface area contributed by atoms with Gasteiger partial charge >= 0.3 is 0 Å². The fourth-order valence-electron chi connectivity index (χ4n) is 1.22. The molecule has 78 valence electrons. The quantitative estimate of drug-likeness (QED) is 0.516. The van der Waals surface area contributed by atoms with E-state index >= 15 is 0 Å². The third-order valence-corrected chi connectivity index (χ3v) is 2.89. The average Bonchev–Trinajstić information content (AvgIpc) is 2.21. The van der Waals surface area contributed by atoms with Crippen LogP contribution in [0.1, 0.15) is 13.3 Å². The van der Waals surface area contributed by atoms with Crippen LogP contribution in [0.25, 0.3) is 0 Å². The Labute approximate surface area is 94.4 Å². The Morgan fingerprint density at radius 2 is 1.71 bits per heavy atom. The van der Waals surface area contributed by atoms with Crippen LogP contribution >= 0.6 is 24.4 Å². The standard InChI is InChI=1S/C9H15N3S2/c1-2-11-6-7(9(14)8(6)13)12-5-3-4-10/h11-12H,2-5,10H2,1H3. The molecule has 0 spiro atoms. The van der Waals surface area contributed by atoms with E-state index in [1.54, 1.807) is 0 Å². The summed E-state index contributed by atoms with van der Waals surface area (Å²) in [6.45, 7) is 4.44. The average molecular weight is 229 g/mol. The third kappa shape index (κ3) is 2.29. The van der Waals surface area contributed by atoms with Gasteiger partial charge in [-0.05, 0) is 19.9 Å². The molecule has 0 aliphatic heterocycles. The zero-order valence-electron chi connectivity index (χ0n) is 8.22. The number of nitrogens with two attached hydrogens (primary N) is 1. The molecule has 0 heterocycles. The Morgan fingerprint density at radius 1 is 1.14 bits per heavy atom. The highest BCUT2D eigenvalue weighted by atomic mass is 32.1. The zero-order chi connectivity index (χ0) is 10.6. The molecule has 0 amide bonds. The van der Waals surface area contributed by atoms with Crippen molar-refractivity contribution in [2.24, 2.45) is 5.73 Å². The predicted octanol–water partition coefficient (Wildman–Crippen LogP) is 2.21. The smallest absolute Gasteiger partial charge is 0.0832 e. The second-order valence-corrected chi connectivity index (χ2v) is 3.82. The Kier molecular flexibility index (Phi) is 4.44. The summed E-state index contributed by atoms with van der Waals surface area (Å²) in [7, 11) is 0. The van der Waals surface area contributed by atoms with Crippen LogP contribution < -0.4 is 16.4 Å². The Morgan fingerprint density at radius 3 is 2.21 bits per heavy atom. The van der Waals surface area contributed by atoms with Gasteiger partial charge in [-0.25, -0.2) is 0 Å². The van der Waals surface area contributed by atoms with Crippen LogP contribution in [-0.2, 0) is 0 Å². The molecule has 1 aromatic carbocycles. The molecule has 0 aliphatic carbocycles. The summed E-state index contributed by atoms with van der Waals surface area (Å²) in [6.07, 6.45) is 0.943. The molecule has 0 radical (unpaired) electrons. The minimum absolute atomic E-state index is 0.689. The van der Waals surface area contributed by atoms with Gasteiger partial charge in [0.15, 0.2) is 0 Å². The van der Waals surface area contributed by atoms with E-state index in [1.807, 2.05) is 6.92 Å². The fourth-order valence-corrected chi connectivity index (χ4v) is 1.77. The largest absolute Gasteiger partial charge is 0.382 e. The lowest BCUT2D eigenvalue weighted by Gasteiger charge is -2.16. The van der Waals surface area contributed by atoms with Crippen molar-refractivity contribution in [3.63, 3.8) is 0 Å². The second kappa shape index (κ2) is 5.38. The molecular weight excluding hydrogens is 214 g/mol. The van der Waals surface area contributed by atoms with Gasteiger partial charge in [0, 0.05) is 13.1 Å². The molecule has 0 saturated carbocycles. The van der Waals surface area contributed by atoms with Gasteiger partial charge in [-0.2, -0.15) is 0 Å². The first-order chi connectivity index (χ1) is 6.72. The summed E-state index contributed by atoms with van der Waals surface area (Å²) >= 11 is 10.3. The maximum absolute atomic E-state index is 5.40. The van der Waals surface area contributed by atoms with E-state index in [2.05, 4.69) is 10.6 Å². The molecule has 1 aromatic rings. The van der Waals surface area contributed by atoms with Crippen LogP contribution in [-0.4, -0.2) is 19.6 Å². The first-order valence-electron chi connectivity index (χ1n) is 4.73. The maximum atomic E-state index is 5.40.